The third-order valence-corrected chi connectivity index (χ3v) is 4.29. The zero-order valence-corrected chi connectivity index (χ0v) is 14.7. The van der Waals surface area contributed by atoms with Crippen LogP contribution in [0.25, 0.3) is 11.1 Å². The maximum Gasteiger partial charge on any atom is 0.227 e. The van der Waals surface area contributed by atoms with Gasteiger partial charge in [-0.15, -0.1) is 0 Å². The Kier molecular flexibility index (Phi) is 5.46. The number of nitriles is 1. The van der Waals surface area contributed by atoms with Crippen LogP contribution in [0.3, 0.4) is 0 Å². The van der Waals surface area contributed by atoms with E-state index in [1.165, 1.54) is 5.56 Å². The molecule has 3 aromatic rings. The van der Waals surface area contributed by atoms with Gasteiger partial charge in [0.2, 0.25) is 5.91 Å². The molecule has 3 aromatic carbocycles. The van der Waals surface area contributed by atoms with Crippen molar-refractivity contribution in [2.24, 2.45) is 0 Å². The lowest BCUT2D eigenvalue weighted by atomic mass is 10.0. The Morgan fingerprint density at radius 1 is 0.923 bits per heavy atom. The van der Waals surface area contributed by atoms with Crippen LogP contribution in [0.4, 0.5) is 5.69 Å². The van der Waals surface area contributed by atoms with Gasteiger partial charge in [0.05, 0.1) is 18.2 Å². The summed E-state index contributed by atoms with van der Waals surface area (Å²) in [4.78, 5) is 14.2. The molecule has 0 unspecified atom stereocenters. The summed E-state index contributed by atoms with van der Waals surface area (Å²) in [5, 5.41) is 9.11. The summed E-state index contributed by atoms with van der Waals surface area (Å²) in [6, 6.07) is 27.8. The van der Waals surface area contributed by atoms with E-state index in [1.807, 2.05) is 49.4 Å². The van der Waals surface area contributed by atoms with Gasteiger partial charge in [0.1, 0.15) is 0 Å². The van der Waals surface area contributed by atoms with Crippen molar-refractivity contribution >= 4 is 11.6 Å². The summed E-state index contributed by atoms with van der Waals surface area (Å²) in [6.45, 7) is 2.33. The van der Waals surface area contributed by atoms with Gasteiger partial charge in [0.25, 0.3) is 0 Å². The first-order valence-corrected chi connectivity index (χ1v) is 8.66. The maximum atomic E-state index is 12.4. The number of nitrogens with zero attached hydrogens (tertiary/aromatic N) is 2. The van der Waals surface area contributed by atoms with E-state index in [9.17, 15) is 4.79 Å². The van der Waals surface area contributed by atoms with Crippen molar-refractivity contribution in [3.63, 3.8) is 0 Å². The molecule has 0 spiro atoms. The van der Waals surface area contributed by atoms with Gasteiger partial charge in [0, 0.05) is 12.1 Å². The monoisotopic (exact) mass is 340 g/mol. The summed E-state index contributed by atoms with van der Waals surface area (Å²) >= 11 is 0. The molecule has 1 amide bonds. The molecule has 26 heavy (non-hydrogen) atoms. The highest BCUT2D eigenvalue weighted by atomic mass is 16.2. The van der Waals surface area contributed by atoms with Crippen LogP contribution >= 0.6 is 0 Å². The van der Waals surface area contributed by atoms with E-state index < -0.39 is 0 Å². The van der Waals surface area contributed by atoms with Crippen LogP contribution in [-0.2, 0) is 11.3 Å². The van der Waals surface area contributed by atoms with Crippen LogP contribution in [0.2, 0.25) is 0 Å². The number of amides is 1. The number of benzene rings is 3. The van der Waals surface area contributed by atoms with Crippen LogP contribution < -0.4 is 4.90 Å². The Labute approximate surface area is 154 Å². The second kappa shape index (κ2) is 8.13. The van der Waals surface area contributed by atoms with E-state index in [0.717, 1.165) is 16.8 Å². The highest BCUT2D eigenvalue weighted by Gasteiger charge is 2.15. The minimum absolute atomic E-state index is 0.0345. The van der Waals surface area contributed by atoms with Gasteiger partial charge >= 0.3 is 0 Å². The van der Waals surface area contributed by atoms with Crippen molar-refractivity contribution in [1.29, 1.82) is 5.26 Å². The van der Waals surface area contributed by atoms with Crippen LogP contribution in [0.15, 0.2) is 78.9 Å². The molecule has 0 fully saturated rings. The molecule has 0 bridgehead atoms. The quantitative estimate of drug-likeness (QED) is 0.643. The van der Waals surface area contributed by atoms with E-state index in [-0.39, 0.29) is 5.91 Å². The topological polar surface area (TPSA) is 44.1 Å². The summed E-state index contributed by atoms with van der Waals surface area (Å²) in [7, 11) is 0. The molecule has 0 aliphatic heterocycles. The summed E-state index contributed by atoms with van der Waals surface area (Å²) in [5.41, 5.74) is 4.67. The molecule has 0 saturated heterocycles. The largest absolute Gasteiger partial charge is 0.308 e. The fourth-order valence-corrected chi connectivity index (χ4v) is 2.87. The zero-order valence-electron chi connectivity index (χ0n) is 14.7. The smallest absolute Gasteiger partial charge is 0.227 e. The molecule has 0 aliphatic carbocycles. The first-order chi connectivity index (χ1) is 12.7. The maximum absolute atomic E-state index is 12.4. The molecule has 0 radical (unpaired) electrons. The minimum Gasteiger partial charge on any atom is -0.308 e. The SMILES string of the molecule is CCC(=O)N(Cc1ccc(-c2ccccc2)cc1)c1cccc(C#N)c1. The molecule has 0 saturated carbocycles. The minimum atomic E-state index is 0.0345. The molecular weight excluding hydrogens is 320 g/mol. The lowest BCUT2D eigenvalue weighted by Crippen LogP contribution is -2.29. The van der Waals surface area contributed by atoms with Crippen LogP contribution in [0.1, 0.15) is 24.5 Å². The lowest BCUT2D eigenvalue weighted by Gasteiger charge is -2.23. The normalized spacial score (nSPS) is 10.2. The average Bonchev–Trinajstić information content (AvgIpc) is 2.72. The molecule has 0 heterocycles. The molecule has 3 nitrogen and oxygen atoms in total. The Morgan fingerprint density at radius 2 is 1.62 bits per heavy atom. The highest BCUT2D eigenvalue weighted by Crippen LogP contribution is 2.23. The molecule has 0 N–H and O–H groups in total. The summed E-state index contributed by atoms with van der Waals surface area (Å²) in [5.74, 6) is 0.0345. The van der Waals surface area contributed by atoms with E-state index in [0.29, 0.717) is 18.5 Å². The zero-order chi connectivity index (χ0) is 18.4. The molecule has 0 atom stereocenters. The third kappa shape index (κ3) is 3.99. The Morgan fingerprint density at radius 3 is 2.27 bits per heavy atom. The molecule has 3 rings (SSSR count). The Balaban J connectivity index is 1.85. The number of carbonyl (C=O) groups is 1. The van der Waals surface area contributed by atoms with Crippen molar-refractivity contribution in [3.05, 3.63) is 90.0 Å². The fraction of sp³-hybridized carbons (Fsp3) is 0.130. The number of carbonyl (C=O) groups excluding carboxylic acids is 1. The number of hydrogen-bond donors (Lipinski definition) is 0. The number of anilines is 1. The van der Waals surface area contributed by atoms with Crippen LogP contribution in [0, 0.1) is 11.3 Å². The molecular formula is C23H20N2O. The molecule has 128 valence electrons. The van der Waals surface area contributed by atoms with Crippen molar-refractivity contribution in [1.82, 2.24) is 0 Å². The summed E-state index contributed by atoms with van der Waals surface area (Å²) < 4.78 is 0. The Bertz CT molecular complexity index is 924. The molecule has 0 aliphatic rings. The van der Waals surface area contributed by atoms with E-state index in [4.69, 9.17) is 5.26 Å². The van der Waals surface area contributed by atoms with Crippen molar-refractivity contribution < 1.29 is 4.79 Å². The highest BCUT2D eigenvalue weighted by molar-refractivity contribution is 5.93. The predicted molar refractivity (Wildman–Crippen MR) is 105 cm³/mol. The van der Waals surface area contributed by atoms with Gasteiger partial charge in [-0.2, -0.15) is 5.26 Å². The first kappa shape index (κ1) is 17.4. The van der Waals surface area contributed by atoms with Gasteiger partial charge < -0.3 is 4.90 Å². The lowest BCUT2D eigenvalue weighted by molar-refractivity contribution is -0.118. The second-order valence-corrected chi connectivity index (χ2v) is 6.06. The van der Waals surface area contributed by atoms with Crippen molar-refractivity contribution in [2.75, 3.05) is 4.90 Å². The van der Waals surface area contributed by atoms with E-state index in [1.54, 1.807) is 17.0 Å². The van der Waals surface area contributed by atoms with Crippen LogP contribution in [-0.4, -0.2) is 5.91 Å². The van der Waals surface area contributed by atoms with Gasteiger partial charge in [-0.25, -0.2) is 0 Å². The van der Waals surface area contributed by atoms with Crippen molar-refractivity contribution in [3.8, 4) is 17.2 Å². The van der Waals surface area contributed by atoms with Crippen molar-refractivity contribution in [2.45, 2.75) is 19.9 Å². The third-order valence-electron chi connectivity index (χ3n) is 4.29. The molecule has 0 aromatic heterocycles. The van der Waals surface area contributed by atoms with Gasteiger partial charge in [-0.3, -0.25) is 4.79 Å². The van der Waals surface area contributed by atoms with Crippen LogP contribution in [0.5, 0.6) is 0 Å². The fourth-order valence-electron chi connectivity index (χ4n) is 2.87. The molecule has 3 heteroatoms. The standard InChI is InChI=1S/C23H20N2O/c1-2-23(26)25(22-10-6-7-19(15-22)16-24)17-18-11-13-21(14-12-18)20-8-4-3-5-9-20/h3-15H,2,17H2,1H3. The van der Waals surface area contributed by atoms with Gasteiger partial charge in [-0.1, -0.05) is 67.6 Å². The second-order valence-electron chi connectivity index (χ2n) is 6.06. The van der Waals surface area contributed by atoms with E-state index in [2.05, 4.69) is 30.3 Å². The summed E-state index contributed by atoms with van der Waals surface area (Å²) in [6.07, 6.45) is 0.416. The Hall–Kier alpha value is -3.38. The number of hydrogen-bond acceptors (Lipinski definition) is 2. The predicted octanol–water partition coefficient (Wildman–Crippen LogP) is 5.17. The van der Waals surface area contributed by atoms with E-state index >= 15 is 0 Å². The average molecular weight is 340 g/mol. The first-order valence-electron chi connectivity index (χ1n) is 8.66. The number of rotatable bonds is 5. The van der Waals surface area contributed by atoms with Gasteiger partial charge in [-0.05, 0) is 34.9 Å². The van der Waals surface area contributed by atoms with Gasteiger partial charge in [0.15, 0.2) is 0 Å².